The average Bonchev–Trinajstić information content (AvgIpc) is 2.61. The molecule has 0 bridgehead atoms. The summed E-state index contributed by atoms with van der Waals surface area (Å²) in [7, 11) is 0. The van der Waals surface area contributed by atoms with E-state index in [1.54, 1.807) is 0 Å². The zero-order valence-electron chi connectivity index (χ0n) is 15.9. The first-order valence-corrected chi connectivity index (χ1v) is 9.88. The van der Waals surface area contributed by atoms with Crippen molar-refractivity contribution in [3.05, 3.63) is 22.7 Å². The van der Waals surface area contributed by atoms with Crippen LogP contribution in [0, 0.1) is 0 Å². The molecule has 2 aliphatic heterocycles. The number of carbonyl (C=O) groups is 3. The Labute approximate surface area is 162 Å². The Kier molecular flexibility index (Phi) is 4.59. The van der Waals surface area contributed by atoms with Gasteiger partial charge in [-0.1, -0.05) is 12.8 Å². The van der Waals surface area contributed by atoms with Gasteiger partial charge in [0.25, 0.3) is 17.5 Å². The van der Waals surface area contributed by atoms with Crippen LogP contribution in [-0.4, -0.2) is 34.6 Å². The number of hydrogen-bond donors (Lipinski definition) is 1. The molecule has 0 radical (unpaired) electrons. The number of ether oxygens (including phenoxy) is 4. The summed E-state index contributed by atoms with van der Waals surface area (Å²) in [6.07, 6.45) is 7.10. The molecule has 0 aromatic carbocycles. The molecule has 1 N–H and O–H groups in total. The Hall–Kier alpha value is -2.51. The second kappa shape index (κ2) is 6.83. The smallest absolute Gasteiger partial charge is 0.349 e. The van der Waals surface area contributed by atoms with Crippen molar-refractivity contribution in [3.63, 3.8) is 0 Å². The first kappa shape index (κ1) is 18.8. The Bertz CT molecular complexity index is 756. The van der Waals surface area contributed by atoms with E-state index in [1.807, 2.05) is 0 Å². The number of hydrogen-bond acceptors (Lipinski definition) is 8. The third kappa shape index (κ3) is 3.14. The average molecular weight is 392 g/mol. The van der Waals surface area contributed by atoms with Crippen LogP contribution in [0.15, 0.2) is 22.7 Å². The second-order valence-corrected chi connectivity index (χ2v) is 7.89. The summed E-state index contributed by atoms with van der Waals surface area (Å²) in [5.74, 6) is -5.57. The molecular weight excluding hydrogens is 368 g/mol. The van der Waals surface area contributed by atoms with E-state index in [4.69, 9.17) is 18.9 Å². The molecule has 1 saturated heterocycles. The molecule has 0 unspecified atom stereocenters. The zero-order chi connectivity index (χ0) is 19.9. The predicted molar refractivity (Wildman–Crippen MR) is 93.3 cm³/mol. The Balaban J connectivity index is 1.64. The maximum absolute atomic E-state index is 12.6. The molecule has 4 rings (SSSR count). The third-order valence-corrected chi connectivity index (χ3v) is 5.93. The lowest BCUT2D eigenvalue weighted by Gasteiger charge is -2.40. The van der Waals surface area contributed by atoms with Crippen molar-refractivity contribution in [2.45, 2.75) is 82.7 Å². The zero-order valence-corrected chi connectivity index (χ0v) is 15.9. The molecule has 2 spiro atoms. The van der Waals surface area contributed by atoms with Gasteiger partial charge in [0, 0.05) is 25.7 Å². The van der Waals surface area contributed by atoms with Crippen LogP contribution < -0.4 is 0 Å². The van der Waals surface area contributed by atoms with Crippen LogP contribution in [0.25, 0.3) is 0 Å². The summed E-state index contributed by atoms with van der Waals surface area (Å²) in [6, 6.07) is 0. The number of rotatable bonds is 1. The van der Waals surface area contributed by atoms with E-state index in [1.165, 1.54) is 6.92 Å². The highest BCUT2D eigenvalue weighted by atomic mass is 16.8. The van der Waals surface area contributed by atoms with Crippen molar-refractivity contribution in [2.75, 3.05) is 0 Å². The van der Waals surface area contributed by atoms with E-state index in [2.05, 4.69) is 0 Å². The van der Waals surface area contributed by atoms with Gasteiger partial charge in [0.15, 0.2) is 0 Å². The molecule has 152 valence electrons. The van der Waals surface area contributed by atoms with Crippen LogP contribution in [0.2, 0.25) is 0 Å². The van der Waals surface area contributed by atoms with E-state index >= 15 is 0 Å². The van der Waals surface area contributed by atoms with Crippen molar-refractivity contribution >= 4 is 17.9 Å². The molecule has 0 atom stereocenters. The van der Waals surface area contributed by atoms with E-state index in [0.717, 1.165) is 38.5 Å². The molecule has 8 heteroatoms. The van der Waals surface area contributed by atoms with Crippen molar-refractivity contribution in [2.24, 2.45) is 0 Å². The summed E-state index contributed by atoms with van der Waals surface area (Å²) in [4.78, 5) is 37.8. The fourth-order valence-corrected chi connectivity index (χ4v) is 4.43. The number of aliphatic hydroxyl groups is 1. The SMILES string of the molecule is CC(C1=C(O)OC2(CCCCC2)OC1=O)=C1C(=O)OC2(CCCCC2)OC1=O. The van der Waals surface area contributed by atoms with Crippen LogP contribution in [0.4, 0.5) is 0 Å². The molecule has 28 heavy (non-hydrogen) atoms. The van der Waals surface area contributed by atoms with Gasteiger partial charge < -0.3 is 24.1 Å². The van der Waals surface area contributed by atoms with E-state index in [-0.39, 0.29) is 11.1 Å². The molecule has 0 amide bonds. The van der Waals surface area contributed by atoms with Crippen molar-refractivity contribution < 1.29 is 38.4 Å². The predicted octanol–water partition coefficient (Wildman–Crippen LogP) is 3.07. The molecule has 3 fully saturated rings. The highest BCUT2D eigenvalue weighted by Crippen LogP contribution is 2.42. The summed E-state index contributed by atoms with van der Waals surface area (Å²) < 4.78 is 21.9. The highest BCUT2D eigenvalue weighted by molar-refractivity contribution is 6.18. The van der Waals surface area contributed by atoms with Gasteiger partial charge in [-0.2, -0.15) is 0 Å². The Morgan fingerprint density at radius 2 is 1.14 bits per heavy atom. The maximum atomic E-state index is 12.6. The van der Waals surface area contributed by atoms with Gasteiger partial charge >= 0.3 is 17.9 Å². The lowest BCUT2D eigenvalue weighted by Crippen LogP contribution is -2.48. The van der Waals surface area contributed by atoms with Gasteiger partial charge in [-0.05, 0) is 38.2 Å². The number of carbonyl (C=O) groups excluding carboxylic acids is 3. The van der Waals surface area contributed by atoms with Crippen molar-refractivity contribution in [1.82, 2.24) is 0 Å². The summed E-state index contributed by atoms with van der Waals surface area (Å²) in [5, 5.41) is 10.4. The highest BCUT2D eigenvalue weighted by Gasteiger charge is 2.50. The van der Waals surface area contributed by atoms with Crippen molar-refractivity contribution in [3.8, 4) is 0 Å². The molecule has 2 heterocycles. The first-order valence-electron chi connectivity index (χ1n) is 9.88. The van der Waals surface area contributed by atoms with Gasteiger partial charge in [0.1, 0.15) is 11.1 Å². The number of aliphatic hydroxyl groups excluding tert-OH is 1. The van der Waals surface area contributed by atoms with Crippen LogP contribution in [0.1, 0.15) is 71.1 Å². The maximum Gasteiger partial charge on any atom is 0.349 e. The molecule has 8 nitrogen and oxygen atoms in total. The van der Waals surface area contributed by atoms with Gasteiger partial charge in [-0.15, -0.1) is 0 Å². The quantitative estimate of drug-likeness (QED) is 0.412. The van der Waals surface area contributed by atoms with Gasteiger partial charge in [0.05, 0.1) is 0 Å². The normalized spacial score (nSPS) is 26.5. The molecule has 2 aliphatic carbocycles. The fourth-order valence-electron chi connectivity index (χ4n) is 4.43. The monoisotopic (exact) mass is 392 g/mol. The fraction of sp³-hybridized carbons (Fsp3) is 0.650. The minimum Gasteiger partial charge on any atom is -0.480 e. The molecular formula is C20H24O8. The number of esters is 3. The summed E-state index contributed by atoms with van der Waals surface area (Å²) >= 11 is 0. The topological polar surface area (TPSA) is 108 Å². The van der Waals surface area contributed by atoms with E-state index in [0.29, 0.717) is 25.7 Å². The van der Waals surface area contributed by atoms with Gasteiger partial charge in [-0.25, -0.2) is 14.4 Å². The van der Waals surface area contributed by atoms with Gasteiger partial charge in [-0.3, -0.25) is 0 Å². The third-order valence-electron chi connectivity index (χ3n) is 5.93. The molecule has 2 saturated carbocycles. The van der Waals surface area contributed by atoms with Crippen molar-refractivity contribution in [1.29, 1.82) is 0 Å². The molecule has 0 aromatic rings. The largest absolute Gasteiger partial charge is 0.480 e. The van der Waals surface area contributed by atoms with Crippen LogP contribution in [0.5, 0.6) is 0 Å². The van der Waals surface area contributed by atoms with Crippen LogP contribution in [-0.2, 0) is 33.3 Å². The van der Waals surface area contributed by atoms with E-state index in [9.17, 15) is 19.5 Å². The molecule has 4 aliphatic rings. The minimum atomic E-state index is -1.22. The van der Waals surface area contributed by atoms with Crippen LogP contribution in [0.3, 0.4) is 0 Å². The van der Waals surface area contributed by atoms with Crippen LogP contribution >= 0.6 is 0 Å². The van der Waals surface area contributed by atoms with E-state index < -0.39 is 41.0 Å². The Morgan fingerprint density at radius 1 is 0.714 bits per heavy atom. The standard InChI is InChI=1S/C20H24O8/c1-12(13-15(21)25-19(26-16(13)22)8-4-2-5-9-19)14-17(23)27-20(28-18(14)24)10-6-3-7-11-20/h21H,2-11H2,1H3. The second-order valence-electron chi connectivity index (χ2n) is 7.89. The summed E-state index contributed by atoms with van der Waals surface area (Å²) in [5.41, 5.74) is -0.841. The lowest BCUT2D eigenvalue weighted by molar-refractivity contribution is -0.249. The van der Waals surface area contributed by atoms with Gasteiger partial charge in [0.2, 0.25) is 0 Å². The minimum absolute atomic E-state index is 0.0752. The summed E-state index contributed by atoms with van der Waals surface area (Å²) in [6.45, 7) is 1.37. The first-order chi connectivity index (χ1) is 13.3. The Morgan fingerprint density at radius 3 is 1.61 bits per heavy atom. The lowest BCUT2D eigenvalue weighted by atomic mass is 9.91. The molecule has 0 aromatic heterocycles.